The summed E-state index contributed by atoms with van der Waals surface area (Å²) in [5, 5.41) is 12.6. The van der Waals surface area contributed by atoms with Crippen LogP contribution in [0.2, 0.25) is 0 Å². The number of rotatable bonds is 5. The molecule has 168 valence electrons. The summed E-state index contributed by atoms with van der Waals surface area (Å²) in [6.45, 7) is 3.50. The molecule has 10 heteroatoms. The number of nitrogens with zero attached hydrogens (tertiary/aromatic N) is 1. The maximum atomic E-state index is 13.0. The molecular weight excluding hydrogens is 420 g/mol. The largest absolute Gasteiger partial charge is 0.481 e. The number of fused-ring (bicyclic) bond motifs is 3. The van der Waals surface area contributed by atoms with E-state index >= 15 is 0 Å². The van der Waals surface area contributed by atoms with E-state index in [1.807, 2.05) is 6.92 Å². The van der Waals surface area contributed by atoms with Gasteiger partial charge in [-0.2, -0.15) is 4.31 Å². The number of H-pyrrole nitrogens is 2. The zero-order valence-electron chi connectivity index (χ0n) is 17.6. The Morgan fingerprint density at radius 3 is 2.52 bits per heavy atom. The van der Waals surface area contributed by atoms with Crippen LogP contribution in [0.3, 0.4) is 0 Å². The highest BCUT2D eigenvalue weighted by Crippen LogP contribution is 2.26. The minimum absolute atomic E-state index is 0.00445. The number of carboxylic acid groups (broad SMARTS) is 1. The van der Waals surface area contributed by atoms with Gasteiger partial charge in [-0.1, -0.05) is 6.92 Å². The molecule has 0 spiro atoms. The zero-order valence-corrected chi connectivity index (χ0v) is 18.5. The minimum atomic E-state index is -3.59. The Kier molecular flexibility index (Phi) is 7.14. The number of aromatic nitrogens is 2. The van der Waals surface area contributed by atoms with Crippen LogP contribution < -0.4 is 10.9 Å². The predicted molar refractivity (Wildman–Crippen MR) is 120 cm³/mol. The second-order valence-electron chi connectivity index (χ2n) is 7.57. The van der Waals surface area contributed by atoms with Crippen molar-refractivity contribution in [2.24, 2.45) is 0 Å². The smallest absolute Gasteiger partial charge is 0.303 e. The van der Waals surface area contributed by atoms with E-state index in [2.05, 4.69) is 15.3 Å². The van der Waals surface area contributed by atoms with Crippen LogP contribution in [0.5, 0.6) is 0 Å². The summed E-state index contributed by atoms with van der Waals surface area (Å²) >= 11 is 0. The summed E-state index contributed by atoms with van der Waals surface area (Å²) in [7, 11) is -1.94. The number of piperidine rings is 1. The highest BCUT2D eigenvalue weighted by atomic mass is 32.2. The lowest BCUT2D eigenvalue weighted by atomic mass is 10.1. The number of hydrogen-bond donors (Lipinski definition) is 4. The van der Waals surface area contributed by atoms with Crippen LogP contribution >= 0.6 is 0 Å². The molecule has 1 aliphatic heterocycles. The summed E-state index contributed by atoms with van der Waals surface area (Å²) in [5.74, 6) is -0.711. The van der Waals surface area contributed by atoms with Gasteiger partial charge >= 0.3 is 5.97 Å². The van der Waals surface area contributed by atoms with Crippen molar-refractivity contribution in [1.29, 1.82) is 0 Å². The molecule has 0 unspecified atom stereocenters. The first kappa shape index (κ1) is 23.0. The molecular formula is C21H28N4O5S. The van der Waals surface area contributed by atoms with E-state index in [-0.39, 0.29) is 16.5 Å². The van der Waals surface area contributed by atoms with Crippen LogP contribution in [0, 0.1) is 0 Å². The Morgan fingerprint density at radius 2 is 1.90 bits per heavy atom. The van der Waals surface area contributed by atoms with Crippen molar-refractivity contribution < 1.29 is 18.3 Å². The van der Waals surface area contributed by atoms with E-state index in [9.17, 15) is 18.0 Å². The fourth-order valence-electron chi connectivity index (χ4n) is 3.73. The standard InChI is InChI=1S/C17H20N4O3S.C4H8O2/c1-21(11-4-7-18-8-5-11)25(23,24)12-2-3-15-14(10-12)13-6-9-19-16(13)17(22)20-15;1-2-3-4(5)6/h2-3,6,9-11,18-19H,4-5,7-8H2,1H3,(H,20,22);2-3H2,1H3,(H,5,6). The van der Waals surface area contributed by atoms with Crippen LogP contribution in [-0.2, 0) is 14.8 Å². The number of aliphatic carboxylic acids is 1. The number of pyridine rings is 1. The third kappa shape index (κ3) is 4.97. The molecule has 0 radical (unpaired) electrons. The molecule has 0 atom stereocenters. The number of hydrogen-bond acceptors (Lipinski definition) is 5. The molecule has 0 aliphatic carbocycles. The van der Waals surface area contributed by atoms with Crippen molar-refractivity contribution in [2.45, 2.75) is 43.5 Å². The number of nitrogens with one attached hydrogen (secondary N) is 3. The molecule has 9 nitrogen and oxygen atoms in total. The Balaban J connectivity index is 0.000000401. The monoisotopic (exact) mass is 448 g/mol. The minimum Gasteiger partial charge on any atom is -0.481 e. The lowest BCUT2D eigenvalue weighted by Gasteiger charge is -2.30. The first-order valence-corrected chi connectivity index (χ1v) is 11.7. The van der Waals surface area contributed by atoms with Gasteiger partial charge in [0, 0.05) is 42.0 Å². The van der Waals surface area contributed by atoms with Gasteiger partial charge in [0.15, 0.2) is 0 Å². The van der Waals surface area contributed by atoms with E-state index in [0.29, 0.717) is 17.5 Å². The van der Waals surface area contributed by atoms with Gasteiger partial charge in [-0.25, -0.2) is 8.42 Å². The molecule has 31 heavy (non-hydrogen) atoms. The Bertz CT molecular complexity index is 1230. The average molecular weight is 449 g/mol. The second kappa shape index (κ2) is 9.63. The van der Waals surface area contributed by atoms with Gasteiger partial charge in [-0.05, 0) is 56.6 Å². The molecule has 4 rings (SSSR count). The molecule has 3 aromatic rings. The normalized spacial score (nSPS) is 15.2. The average Bonchev–Trinajstić information content (AvgIpc) is 3.25. The molecule has 2 aromatic heterocycles. The fraction of sp³-hybridized carbons (Fsp3) is 0.429. The van der Waals surface area contributed by atoms with Crippen molar-refractivity contribution in [1.82, 2.24) is 19.6 Å². The molecule has 0 amide bonds. The lowest BCUT2D eigenvalue weighted by molar-refractivity contribution is -0.137. The fourth-order valence-corrected chi connectivity index (χ4v) is 5.17. The summed E-state index contributed by atoms with van der Waals surface area (Å²) in [4.78, 5) is 27.6. The number of benzene rings is 1. The van der Waals surface area contributed by atoms with Gasteiger partial charge < -0.3 is 20.4 Å². The number of carbonyl (C=O) groups is 1. The number of sulfonamides is 1. The van der Waals surface area contributed by atoms with Gasteiger partial charge in [0.25, 0.3) is 5.56 Å². The Morgan fingerprint density at radius 1 is 1.19 bits per heavy atom. The van der Waals surface area contributed by atoms with Crippen LogP contribution in [0.15, 0.2) is 40.2 Å². The summed E-state index contributed by atoms with van der Waals surface area (Å²) in [6.07, 6.45) is 4.31. The summed E-state index contributed by atoms with van der Waals surface area (Å²) in [5.41, 5.74) is 0.865. The lowest BCUT2D eigenvalue weighted by Crippen LogP contribution is -2.43. The third-order valence-corrected chi connectivity index (χ3v) is 7.37. The van der Waals surface area contributed by atoms with Crippen LogP contribution in [-0.4, -0.2) is 59.9 Å². The molecule has 4 N–H and O–H groups in total. The first-order valence-electron chi connectivity index (χ1n) is 10.3. The van der Waals surface area contributed by atoms with E-state index in [1.165, 1.54) is 4.31 Å². The summed E-state index contributed by atoms with van der Waals surface area (Å²) in [6, 6.07) is 6.66. The van der Waals surface area contributed by atoms with Gasteiger partial charge in [0.05, 0.1) is 4.90 Å². The van der Waals surface area contributed by atoms with Crippen molar-refractivity contribution in [3.63, 3.8) is 0 Å². The first-order chi connectivity index (χ1) is 14.8. The van der Waals surface area contributed by atoms with Crippen LogP contribution in [0.4, 0.5) is 0 Å². The van der Waals surface area contributed by atoms with E-state index in [4.69, 9.17) is 5.11 Å². The molecule has 1 fully saturated rings. The molecule has 0 saturated carbocycles. The van der Waals surface area contributed by atoms with Crippen molar-refractivity contribution in [2.75, 3.05) is 20.1 Å². The van der Waals surface area contributed by atoms with Crippen molar-refractivity contribution >= 4 is 37.8 Å². The Hall–Kier alpha value is -2.69. The van der Waals surface area contributed by atoms with Crippen molar-refractivity contribution in [3.05, 3.63) is 40.8 Å². The molecule has 1 saturated heterocycles. The third-order valence-electron chi connectivity index (χ3n) is 5.47. The van der Waals surface area contributed by atoms with Gasteiger partial charge in [0.1, 0.15) is 5.52 Å². The van der Waals surface area contributed by atoms with Crippen LogP contribution in [0.1, 0.15) is 32.6 Å². The highest BCUT2D eigenvalue weighted by Gasteiger charge is 2.29. The molecule has 1 aliphatic rings. The Labute approximate surface area is 180 Å². The van der Waals surface area contributed by atoms with Gasteiger partial charge in [-0.15, -0.1) is 0 Å². The van der Waals surface area contributed by atoms with E-state index < -0.39 is 16.0 Å². The maximum Gasteiger partial charge on any atom is 0.303 e. The maximum absolute atomic E-state index is 13.0. The molecule has 1 aromatic carbocycles. The zero-order chi connectivity index (χ0) is 22.6. The summed E-state index contributed by atoms with van der Waals surface area (Å²) < 4.78 is 27.6. The topological polar surface area (TPSA) is 135 Å². The van der Waals surface area contributed by atoms with E-state index in [0.717, 1.165) is 43.1 Å². The SMILES string of the molecule is CCCC(=O)O.CN(C1CCNCC1)S(=O)(=O)c1ccc2[nH]c(=O)c3[nH]ccc3c2c1. The van der Waals surface area contributed by atoms with Gasteiger partial charge in [0.2, 0.25) is 10.0 Å². The number of carboxylic acids is 1. The van der Waals surface area contributed by atoms with Crippen molar-refractivity contribution in [3.8, 4) is 0 Å². The van der Waals surface area contributed by atoms with Gasteiger partial charge in [-0.3, -0.25) is 9.59 Å². The van der Waals surface area contributed by atoms with E-state index in [1.54, 1.807) is 37.5 Å². The highest BCUT2D eigenvalue weighted by molar-refractivity contribution is 7.89. The second-order valence-corrected chi connectivity index (χ2v) is 9.57. The molecule has 0 bridgehead atoms. The van der Waals surface area contributed by atoms with Crippen LogP contribution in [0.25, 0.3) is 21.8 Å². The predicted octanol–water partition coefficient (Wildman–Crippen LogP) is 2.25. The number of aromatic amines is 2. The quantitative estimate of drug-likeness (QED) is 0.473. The molecule has 3 heterocycles.